The van der Waals surface area contributed by atoms with Crippen molar-refractivity contribution in [2.45, 2.75) is 32.4 Å². The van der Waals surface area contributed by atoms with Gasteiger partial charge in [0.05, 0.1) is 18.0 Å². The Bertz CT molecular complexity index is 554. The minimum atomic E-state index is 0.416. The van der Waals surface area contributed by atoms with Gasteiger partial charge in [0.15, 0.2) is 0 Å². The quantitative estimate of drug-likeness (QED) is 0.856. The van der Waals surface area contributed by atoms with Gasteiger partial charge in [-0.05, 0) is 30.9 Å². The maximum Gasteiger partial charge on any atom is 0.0710 e. The van der Waals surface area contributed by atoms with Crippen LogP contribution in [0, 0.1) is 5.92 Å². The molecule has 2 N–H and O–H groups in total. The molecule has 0 aromatic carbocycles. The van der Waals surface area contributed by atoms with Crippen LogP contribution in [0.1, 0.15) is 25.3 Å². The second-order valence-electron chi connectivity index (χ2n) is 5.51. The smallest absolute Gasteiger partial charge is 0.0710 e. The lowest BCUT2D eigenvalue weighted by Gasteiger charge is -2.17. The molecule has 21 heavy (non-hydrogen) atoms. The van der Waals surface area contributed by atoms with Crippen molar-refractivity contribution in [3.63, 3.8) is 0 Å². The molecule has 2 atom stereocenters. The average Bonchev–Trinajstić information content (AvgIpc) is 3.17. The summed E-state index contributed by atoms with van der Waals surface area (Å²) in [5, 5.41) is 10.8. The van der Waals surface area contributed by atoms with Crippen LogP contribution in [-0.2, 0) is 11.3 Å². The van der Waals surface area contributed by atoms with Gasteiger partial charge in [-0.2, -0.15) is 5.10 Å². The molecule has 2 aromatic rings. The Morgan fingerprint density at radius 3 is 3.19 bits per heavy atom. The maximum atomic E-state index is 5.73. The normalized spacial score (nSPS) is 21.8. The standard InChI is InChI=1S/C16H22N4O/c1-2-15-12(5-7-21-15)8-18-10-14-11-19-20-16(14)13-4-3-6-17-9-13/h3-4,6,9,11-12,15,18H,2,5,7-8,10H2,1H3,(H,19,20). The van der Waals surface area contributed by atoms with E-state index in [4.69, 9.17) is 4.74 Å². The van der Waals surface area contributed by atoms with E-state index in [9.17, 15) is 0 Å². The summed E-state index contributed by atoms with van der Waals surface area (Å²) < 4.78 is 5.73. The van der Waals surface area contributed by atoms with Gasteiger partial charge in [0.1, 0.15) is 0 Å². The Morgan fingerprint density at radius 1 is 1.43 bits per heavy atom. The molecule has 5 nitrogen and oxygen atoms in total. The molecule has 1 aliphatic rings. The van der Waals surface area contributed by atoms with E-state index in [0.29, 0.717) is 12.0 Å². The molecule has 0 aliphatic carbocycles. The third-order valence-corrected chi connectivity index (χ3v) is 4.14. The number of nitrogens with one attached hydrogen (secondary N) is 2. The van der Waals surface area contributed by atoms with Crippen molar-refractivity contribution in [3.8, 4) is 11.3 Å². The summed E-state index contributed by atoms with van der Waals surface area (Å²) in [5.41, 5.74) is 3.29. The molecule has 1 fully saturated rings. The predicted octanol–water partition coefficient (Wildman–Crippen LogP) is 2.38. The van der Waals surface area contributed by atoms with Gasteiger partial charge in [-0.3, -0.25) is 10.1 Å². The highest BCUT2D eigenvalue weighted by atomic mass is 16.5. The molecule has 0 bridgehead atoms. The molecule has 0 amide bonds. The van der Waals surface area contributed by atoms with Crippen LogP contribution in [0.4, 0.5) is 0 Å². The largest absolute Gasteiger partial charge is 0.378 e. The Kier molecular flexibility index (Phi) is 4.62. The van der Waals surface area contributed by atoms with Crippen molar-refractivity contribution in [1.29, 1.82) is 0 Å². The van der Waals surface area contributed by atoms with Gasteiger partial charge in [-0.1, -0.05) is 6.92 Å². The molecule has 5 heteroatoms. The molecule has 3 rings (SSSR count). The van der Waals surface area contributed by atoms with E-state index in [-0.39, 0.29) is 0 Å². The first-order valence-electron chi connectivity index (χ1n) is 7.63. The van der Waals surface area contributed by atoms with Crippen molar-refractivity contribution in [2.24, 2.45) is 5.92 Å². The van der Waals surface area contributed by atoms with Gasteiger partial charge in [-0.25, -0.2) is 0 Å². The number of nitrogens with zero attached hydrogens (tertiary/aromatic N) is 2. The number of pyridine rings is 1. The number of hydrogen-bond donors (Lipinski definition) is 2. The Hall–Kier alpha value is -1.72. The lowest BCUT2D eigenvalue weighted by molar-refractivity contribution is 0.0872. The number of ether oxygens (including phenoxy) is 1. The molecule has 1 aliphatic heterocycles. The topological polar surface area (TPSA) is 62.8 Å². The third kappa shape index (κ3) is 3.31. The van der Waals surface area contributed by atoms with Crippen LogP contribution in [0.2, 0.25) is 0 Å². The van der Waals surface area contributed by atoms with E-state index in [1.165, 1.54) is 5.56 Å². The van der Waals surface area contributed by atoms with Crippen LogP contribution < -0.4 is 5.32 Å². The van der Waals surface area contributed by atoms with Crippen molar-refractivity contribution in [2.75, 3.05) is 13.2 Å². The first-order valence-corrected chi connectivity index (χ1v) is 7.63. The van der Waals surface area contributed by atoms with Crippen LogP contribution in [0.25, 0.3) is 11.3 Å². The van der Waals surface area contributed by atoms with Gasteiger partial charge in [0, 0.05) is 43.2 Å². The summed E-state index contributed by atoms with van der Waals surface area (Å²) >= 11 is 0. The fourth-order valence-corrected chi connectivity index (χ4v) is 2.98. The fraction of sp³-hybridized carbons (Fsp3) is 0.500. The van der Waals surface area contributed by atoms with Crippen LogP contribution in [0.15, 0.2) is 30.7 Å². The number of rotatable bonds is 6. The number of H-pyrrole nitrogens is 1. The van der Waals surface area contributed by atoms with Crippen LogP contribution >= 0.6 is 0 Å². The highest BCUT2D eigenvalue weighted by Crippen LogP contribution is 2.23. The van der Waals surface area contributed by atoms with Crippen LogP contribution in [0.5, 0.6) is 0 Å². The molecular formula is C16H22N4O. The lowest BCUT2D eigenvalue weighted by atomic mass is 9.99. The fourth-order valence-electron chi connectivity index (χ4n) is 2.98. The molecule has 0 radical (unpaired) electrons. The number of aromatic amines is 1. The van der Waals surface area contributed by atoms with E-state index < -0.39 is 0 Å². The maximum absolute atomic E-state index is 5.73. The number of aromatic nitrogens is 3. The molecule has 0 spiro atoms. The highest BCUT2D eigenvalue weighted by molar-refractivity contribution is 5.61. The summed E-state index contributed by atoms with van der Waals surface area (Å²) in [6.45, 7) is 4.90. The summed E-state index contributed by atoms with van der Waals surface area (Å²) in [4.78, 5) is 4.16. The Labute approximate surface area is 125 Å². The zero-order valence-electron chi connectivity index (χ0n) is 12.4. The van der Waals surface area contributed by atoms with Gasteiger partial charge in [0.2, 0.25) is 0 Å². The first-order chi connectivity index (χ1) is 10.4. The molecule has 2 unspecified atom stereocenters. The summed E-state index contributed by atoms with van der Waals surface area (Å²) in [6, 6.07) is 3.98. The van der Waals surface area contributed by atoms with Crippen molar-refractivity contribution in [1.82, 2.24) is 20.5 Å². The highest BCUT2D eigenvalue weighted by Gasteiger charge is 2.26. The zero-order valence-corrected chi connectivity index (χ0v) is 12.4. The molecule has 1 saturated heterocycles. The molecular weight excluding hydrogens is 264 g/mol. The van der Waals surface area contributed by atoms with Gasteiger partial charge in [-0.15, -0.1) is 0 Å². The monoisotopic (exact) mass is 286 g/mol. The minimum Gasteiger partial charge on any atom is -0.378 e. The lowest BCUT2D eigenvalue weighted by Crippen LogP contribution is -2.28. The second-order valence-corrected chi connectivity index (χ2v) is 5.51. The predicted molar refractivity (Wildman–Crippen MR) is 81.7 cm³/mol. The Morgan fingerprint density at radius 2 is 2.38 bits per heavy atom. The SMILES string of the molecule is CCC1OCCC1CNCc1cn[nH]c1-c1cccnc1. The second kappa shape index (κ2) is 6.83. The summed E-state index contributed by atoms with van der Waals surface area (Å²) in [5.74, 6) is 0.628. The minimum absolute atomic E-state index is 0.416. The van der Waals surface area contributed by atoms with E-state index >= 15 is 0 Å². The molecule has 112 valence electrons. The van der Waals surface area contributed by atoms with Gasteiger partial charge in [0.25, 0.3) is 0 Å². The van der Waals surface area contributed by atoms with Crippen molar-refractivity contribution < 1.29 is 4.74 Å². The molecule has 0 saturated carbocycles. The Balaban J connectivity index is 1.58. The van der Waals surface area contributed by atoms with Crippen LogP contribution in [0.3, 0.4) is 0 Å². The van der Waals surface area contributed by atoms with E-state index in [1.807, 2.05) is 24.5 Å². The third-order valence-electron chi connectivity index (χ3n) is 4.14. The van der Waals surface area contributed by atoms with Gasteiger partial charge < -0.3 is 10.1 Å². The van der Waals surface area contributed by atoms with Crippen LogP contribution in [-0.4, -0.2) is 34.4 Å². The average molecular weight is 286 g/mol. The summed E-state index contributed by atoms with van der Waals surface area (Å²) in [6.07, 6.45) is 8.19. The van der Waals surface area contributed by atoms with Gasteiger partial charge >= 0.3 is 0 Å². The van der Waals surface area contributed by atoms with E-state index in [2.05, 4.69) is 27.4 Å². The number of hydrogen-bond acceptors (Lipinski definition) is 4. The summed E-state index contributed by atoms with van der Waals surface area (Å²) in [7, 11) is 0. The van der Waals surface area contributed by atoms with Crippen molar-refractivity contribution in [3.05, 3.63) is 36.3 Å². The van der Waals surface area contributed by atoms with E-state index in [1.54, 1.807) is 6.20 Å². The zero-order chi connectivity index (χ0) is 14.5. The molecule has 3 heterocycles. The molecule has 2 aromatic heterocycles. The van der Waals surface area contributed by atoms with Crippen molar-refractivity contribution >= 4 is 0 Å². The first kappa shape index (κ1) is 14.2. The van der Waals surface area contributed by atoms with E-state index in [0.717, 1.165) is 43.8 Å².